The molecule has 1 aromatic heterocycles. The van der Waals surface area contributed by atoms with Crippen molar-refractivity contribution in [3.8, 4) is 21.9 Å². The van der Waals surface area contributed by atoms with Crippen LogP contribution in [0.4, 0.5) is 0 Å². The molecule has 2 bridgehead atoms. The first-order valence-corrected chi connectivity index (χ1v) is 9.65. The van der Waals surface area contributed by atoms with Crippen LogP contribution in [0.25, 0.3) is 10.4 Å². The summed E-state index contributed by atoms with van der Waals surface area (Å²) in [6.07, 6.45) is 9.45. The molecule has 4 nitrogen and oxygen atoms in total. The molecule has 3 unspecified atom stereocenters. The van der Waals surface area contributed by atoms with E-state index in [2.05, 4.69) is 22.5 Å². The van der Waals surface area contributed by atoms with E-state index >= 15 is 0 Å². The van der Waals surface area contributed by atoms with Crippen LogP contribution in [0.1, 0.15) is 17.8 Å². The molecule has 1 N–H and O–H groups in total. The number of rotatable bonds is 7. The molecular weight excluding hydrogens is 332 g/mol. The molecule has 4 rings (SSSR count). The molecule has 2 aromatic rings. The maximum atomic E-state index is 5.54. The normalized spacial score (nSPS) is 24.0. The van der Waals surface area contributed by atoms with E-state index in [0.717, 1.165) is 57.8 Å². The Morgan fingerprint density at radius 3 is 2.84 bits per heavy atom. The van der Waals surface area contributed by atoms with Crippen LogP contribution in [-0.4, -0.2) is 25.7 Å². The highest BCUT2D eigenvalue weighted by Crippen LogP contribution is 2.43. The molecule has 132 valence electrons. The minimum absolute atomic E-state index is 0.748. The summed E-state index contributed by atoms with van der Waals surface area (Å²) in [4.78, 5) is 5.69. The fourth-order valence-electron chi connectivity index (χ4n) is 4.09. The van der Waals surface area contributed by atoms with Gasteiger partial charge in [-0.05, 0) is 49.3 Å². The zero-order valence-corrected chi connectivity index (χ0v) is 15.5. The molecule has 1 heterocycles. The number of hydrogen-bond donors (Lipinski definition) is 1. The van der Waals surface area contributed by atoms with Crippen molar-refractivity contribution in [1.82, 2.24) is 10.3 Å². The molecule has 0 saturated heterocycles. The summed E-state index contributed by atoms with van der Waals surface area (Å²) < 4.78 is 10.9. The average Bonchev–Trinajstić information content (AvgIpc) is 3.38. The van der Waals surface area contributed by atoms with E-state index in [9.17, 15) is 0 Å². The molecule has 0 spiro atoms. The highest BCUT2D eigenvalue weighted by molar-refractivity contribution is 7.15. The highest BCUT2D eigenvalue weighted by Gasteiger charge is 2.34. The quantitative estimate of drug-likeness (QED) is 0.758. The third-order valence-corrected chi connectivity index (χ3v) is 6.35. The van der Waals surface area contributed by atoms with Crippen LogP contribution in [0, 0.1) is 17.8 Å². The molecule has 5 heteroatoms. The summed E-state index contributed by atoms with van der Waals surface area (Å²) in [5.74, 6) is 3.95. The number of allylic oxidation sites excluding steroid dienone is 2. The van der Waals surface area contributed by atoms with E-state index in [0.29, 0.717) is 0 Å². The van der Waals surface area contributed by atoms with E-state index in [-0.39, 0.29) is 0 Å². The number of hydrogen-bond acceptors (Lipinski definition) is 5. The fourth-order valence-corrected chi connectivity index (χ4v) is 5.00. The first kappa shape index (κ1) is 16.6. The average molecular weight is 356 g/mol. The Kier molecular flexibility index (Phi) is 4.77. The third kappa shape index (κ3) is 3.31. The predicted octanol–water partition coefficient (Wildman–Crippen LogP) is 4.13. The summed E-state index contributed by atoms with van der Waals surface area (Å²) in [7, 11) is 3.34. The number of ether oxygens (including phenoxy) is 2. The van der Waals surface area contributed by atoms with Crippen LogP contribution in [-0.2, 0) is 6.54 Å². The first-order chi connectivity index (χ1) is 12.3. The standard InChI is InChI=1S/C20H24N2O2S/c1-23-17-5-3-4-16(20(17)24-2)18-11-22-19(25-18)12-21-10-15-9-13-6-7-14(15)8-13/h3-7,11,13-15,21H,8-10,12H2,1-2H3. The highest BCUT2D eigenvalue weighted by atomic mass is 32.1. The molecule has 1 fully saturated rings. The molecular formula is C20H24N2O2S. The van der Waals surface area contributed by atoms with Crippen molar-refractivity contribution < 1.29 is 9.47 Å². The fraction of sp³-hybridized carbons (Fsp3) is 0.450. The Morgan fingerprint density at radius 1 is 1.20 bits per heavy atom. The zero-order valence-electron chi connectivity index (χ0n) is 14.7. The van der Waals surface area contributed by atoms with Crippen LogP contribution in [0.15, 0.2) is 36.5 Å². The van der Waals surface area contributed by atoms with Crippen molar-refractivity contribution in [2.45, 2.75) is 19.4 Å². The topological polar surface area (TPSA) is 43.4 Å². The third-order valence-electron chi connectivity index (χ3n) is 5.32. The Morgan fingerprint density at radius 2 is 2.12 bits per heavy atom. The van der Waals surface area contributed by atoms with Gasteiger partial charge in [-0.3, -0.25) is 0 Å². The van der Waals surface area contributed by atoms with Gasteiger partial charge in [-0.2, -0.15) is 0 Å². The van der Waals surface area contributed by atoms with Crippen LogP contribution >= 0.6 is 11.3 Å². The second-order valence-electron chi connectivity index (χ2n) is 6.83. The summed E-state index contributed by atoms with van der Waals surface area (Å²) >= 11 is 1.71. The van der Waals surface area contributed by atoms with Crippen LogP contribution in [0.2, 0.25) is 0 Å². The number of nitrogens with one attached hydrogen (secondary N) is 1. The van der Waals surface area contributed by atoms with E-state index in [1.54, 1.807) is 25.6 Å². The van der Waals surface area contributed by atoms with Crippen LogP contribution < -0.4 is 14.8 Å². The number of para-hydroxylation sites is 1. The number of thiazole rings is 1. The number of benzene rings is 1. The minimum atomic E-state index is 0.748. The molecule has 0 aliphatic heterocycles. The van der Waals surface area contributed by atoms with E-state index < -0.39 is 0 Å². The second-order valence-corrected chi connectivity index (χ2v) is 7.95. The molecule has 3 atom stereocenters. The largest absolute Gasteiger partial charge is 0.493 e. The Bertz CT molecular complexity index is 771. The molecule has 1 aromatic carbocycles. The van der Waals surface area contributed by atoms with Gasteiger partial charge in [0.1, 0.15) is 5.01 Å². The summed E-state index contributed by atoms with van der Waals surface area (Å²) in [6, 6.07) is 5.94. The van der Waals surface area contributed by atoms with Gasteiger partial charge in [0.05, 0.1) is 19.1 Å². The lowest BCUT2D eigenvalue weighted by molar-refractivity contribution is 0.356. The lowest BCUT2D eigenvalue weighted by atomic mass is 9.94. The van der Waals surface area contributed by atoms with E-state index in [1.165, 1.54) is 12.8 Å². The summed E-state index contributed by atoms with van der Waals surface area (Å²) in [6.45, 7) is 1.91. The maximum absolute atomic E-state index is 5.54. The molecule has 0 radical (unpaired) electrons. The van der Waals surface area contributed by atoms with Gasteiger partial charge in [-0.1, -0.05) is 18.2 Å². The molecule has 2 aliphatic rings. The van der Waals surface area contributed by atoms with Crippen LogP contribution in [0.3, 0.4) is 0 Å². The Balaban J connectivity index is 1.40. The maximum Gasteiger partial charge on any atom is 0.169 e. The van der Waals surface area contributed by atoms with Crippen molar-refractivity contribution in [2.24, 2.45) is 17.8 Å². The van der Waals surface area contributed by atoms with Gasteiger partial charge < -0.3 is 14.8 Å². The van der Waals surface area contributed by atoms with Gasteiger partial charge in [0.15, 0.2) is 11.5 Å². The number of fused-ring (bicyclic) bond motifs is 2. The van der Waals surface area contributed by atoms with Crippen molar-refractivity contribution in [3.63, 3.8) is 0 Å². The number of aromatic nitrogens is 1. The minimum Gasteiger partial charge on any atom is -0.493 e. The van der Waals surface area contributed by atoms with Crippen LogP contribution in [0.5, 0.6) is 11.5 Å². The lowest BCUT2D eigenvalue weighted by Crippen LogP contribution is -2.24. The second kappa shape index (κ2) is 7.18. The van der Waals surface area contributed by atoms with Gasteiger partial charge in [0, 0.05) is 18.3 Å². The zero-order chi connectivity index (χ0) is 17.2. The van der Waals surface area contributed by atoms with Crippen molar-refractivity contribution >= 4 is 11.3 Å². The molecule has 0 amide bonds. The van der Waals surface area contributed by atoms with Gasteiger partial charge in [0.25, 0.3) is 0 Å². The lowest BCUT2D eigenvalue weighted by Gasteiger charge is -2.18. The number of methoxy groups -OCH3 is 2. The first-order valence-electron chi connectivity index (χ1n) is 8.83. The van der Waals surface area contributed by atoms with Crippen molar-refractivity contribution in [2.75, 3.05) is 20.8 Å². The van der Waals surface area contributed by atoms with Crippen molar-refractivity contribution in [3.05, 3.63) is 41.6 Å². The Hall–Kier alpha value is -1.85. The van der Waals surface area contributed by atoms with Gasteiger partial charge in [-0.15, -0.1) is 11.3 Å². The van der Waals surface area contributed by atoms with Gasteiger partial charge >= 0.3 is 0 Å². The van der Waals surface area contributed by atoms with Crippen molar-refractivity contribution in [1.29, 1.82) is 0 Å². The smallest absolute Gasteiger partial charge is 0.169 e. The van der Waals surface area contributed by atoms with E-state index in [4.69, 9.17) is 9.47 Å². The molecule has 2 aliphatic carbocycles. The summed E-state index contributed by atoms with van der Waals surface area (Å²) in [5.41, 5.74) is 1.03. The molecule has 25 heavy (non-hydrogen) atoms. The predicted molar refractivity (Wildman–Crippen MR) is 101 cm³/mol. The number of nitrogens with zero attached hydrogens (tertiary/aromatic N) is 1. The Labute approximate surface area is 152 Å². The molecule has 1 saturated carbocycles. The van der Waals surface area contributed by atoms with Gasteiger partial charge in [0.2, 0.25) is 0 Å². The summed E-state index contributed by atoms with van der Waals surface area (Å²) in [5, 5.41) is 4.71. The SMILES string of the molecule is COc1cccc(-c2cnc(CNCC3CC4C=CC3C4)s2)c1OC. The monoisotopic (exact) mass is 356 g/mol. The van der Waals surface area contributed by atoms with E-state index in [1.807, 2.05) is 24.4 Å². The van der Waals surface area contributed by atoms with Gasteiger partial charge in [-0.25, -0.2) is 4.98 Å².